The number of fused-ring (bicyclic) bond motifs is 3. The monoisotopic (exact) mass is 452 g/mol. The zero-order valence-corrected chi connectivity index (χ0v) is 21.0. The molecule has 0 saturated carbocycles. The molecule has 164 valence electrons. The molecule has 6 rings (SSSR count). The standard InChI is InChI=1S/C33H28Si/c1-34(2,3)31-22-12-19-24-25(31)20-11-21-26(24)33-29-17-9-7-15-27(29)32(23-13-5-4-6-14-23)28-16-8-10-18-30(28)33/h4-22H,1-3H3. The van der Waals surface area contributed by atoms with Crippen LogP contribution in [0, 0.1) is 0 Å². The highest BCUT2D eigenvalue weighted by molar-refractivity contribution is 6.90. The average Bonchev–Trinajstić information content (AvgIpc) is 2.86. The SMILES string of the molecule is C[Si](C)(C)c1cccc2c(-c3c4ccccc4c(-c4ccccc4)c4ccccc34)cccc12. The second-order valence-corrected chi connectivity index (χ2v) is 15.2. The summed E-state index contributed by atoms with van der Waals surface area (Å²) >= 11 is 0. The molecule has 6 aromatic carbocycles. The van der Waals surface area contributed by atoms with E-state index in [2.05, 4.69) is 135 Å². The van der Waals surface area contributed by atoms with Crippen LogP contribution in [0.2, 0.25) is 19.6 Å². The molecule has 0 aliphatic heterocycles. The number of hydrogen-bond acceptors (Lipinski definition) is 0. The molecule has 34 heavy (non-hydrogen) atoms. The fraction of sp³-hybridized carbons (Fsp3) is 0.0909. The summed E-state index contributed by atoms with van der Waals surface area (Å²) in [7, 11) is -1.48. The van der Waals surface area contributed by atoms with Crippen LogP contribution in [-0.2, 0) is 0 Å². The van der Waals surface area contributed by atoms with Crippen LogP contribution >= 0.6 is 0 Å². The lowest BCUT2D eigenvalue weighted by Crippen LogP contribution is -2.37. The van der Waals surface area contributed by atoms with Crippen LogP contribution in [0.5, 0.6) is 0 Å². The fourth-order valence-electron chi connectivity index (χ4n) is 5.52. The first-order chi connectivity index (χ1) is 16.5. The number of benzene rings is 6. The zero-order chi connectivity index (χ0) is 23.3. The Labute approximate surface area is 202 Å². The summed E-state index contributed by atoms with van der Waals surface area (Å²) in [6, 6.07) is 42.4. The number of rotatable bonds is 3. The molecule has 0 fully saturated rings. The number of hydrogen-bond donors (Lipinski definition) is 0. The highest BCUT2D eigenvalue weighted by Gasteiger charge is 2.21. The zero-order valence-electron chi connectivity index (χ0n) is 20.0. The van der Waals surface area contributed by atoms with E-state index in [-0.39, 0.29) is 0 Å². The van der Waals surface area contributed by atoms with Crippen LogP contribution in [-0.4, -0.2) is 8.07 Å². The van der Waals surface area contributed by atoms with Gasteiger partial charge in [0.25, 0.3) is 0 Å². The van der Waals surface area contributed by atoms with E-state index in [1.54, 1.807) is 0 Å². The molecule has 0 heterocycles. The Hall–Kier alpha value is -3.68. The van der Waals surface area contributed by atoms with Gasteiger partial charge in [0.2, 0.25) is 0 Å². The van der Waals surface area contributed by atoms with Gasteiger partial charge in [-0.05, 0) is 54.6 Å². The van der Waals surface area contributed by atoms with Crippen molar-refractivity contribution in [1.82, 2.24) is 0 Å². The van der Waals surface area contributed by atoms with Gasteiger partial charge in [0.05, 0.1) is 8.07 Å². The second-order valence-electron chi connectivity index (χ2n) is 10.2. The summed E-state index contributed by atoms with van der Waals surface area (Å²) in [6.07, 6.45) is 0. The van der Waals surface area contributed by atoms with Gasteiger partial charge in [-0.25, -0.2) is 0 Å². The lowest BCUT2D eigenvalue weighted by Gasteiger charge is -2.22. The summed E-state index contributed by atoms with van der Waals surface area (Å²) in [5.74, 6) is 0. The van der Waals surface area contributed by atoms with Crippen LogP contribution in [0.15, 0.2) is 115 Å². The van der Waals surface area contributed by atoms with Crippen LogP contribution in [0.3, 0.4) is 0 Å². The van der Waals surface area contributed by atoms with Crippen molar-refractivity contribution in [3.05, 3.63) is 115 Å². The normalized spacial score (nSPS) is 12.0. The summed E-state index contributed by atoms with van der Waals surface area (Å²) in [6.45, 7) is 7.32. The molecule has 0 atom stereocenters. The lowest BCUT2D eigenvalue weighted by atomic mass is 9.85. The van der Waals surface area contributed by atoms with Crippen molar-refractivity contribution in [3.63, 3.8) is 0 Å². The first-order valence-electron chi connectivity index (χ1n) is 12.1. The molecule has 1 heteroatoms. The van der Waals surface area contributed by atoms with Gasteiger partial charge < -0.3 is 0 Å². The van der Waals surface area contributed by atoms with Crippen LogP contribution < -0.4 is 5.19 Å². The first-order valence-corrected chi connectivity index (χ1v) is 15.6. The molecule has 0 spiro atoms. The minimum absolute atomic E-state index is 1.26. The third-order valence-electron chi connectivity index (χ3n) is 6.99. The highest BCUT2D eigenvalue weighted by Crippen LogP contribution is 2.44. The van der Waals surface area contributed by atoms with Gasteiger partial charge in [-0.1, -0.05) is 140 Å². The smallest absolute Gasteiger partial charge is 0.0656 e. The van der Waals surface area contributed by atoms with Crippen molar-refractivity contribution >= 4 is 45.6 Å². The maximum absolute atomic E-state index is 2.44. The fourth-order valence-corrected chi connectivity index (χ4v) is 7.14. The Kier molecular flexibility index (Phi) is 4.90. The van der Waals surface area contributed by atoms with E-state index in [4.69, 9.17) is 0 Å². The van der Waals surface area contributed by atoms with Crippen molar-refractivity contribution < 1.29 is 0 Å². The Bertz CT molecular complexity index is 1610. The second kappa shape index (κ2) is 7.97. The molecule has 0 bridgehead atoms. The van der Waals surface area contributed by atoms with E-state index in [1.165, 1.54) is 59.8 Å². The van der Waals surface area contributed by atoms with E-state index < -0.39 is 8.07 Å². The predicted molar refractivity (Wildman–Crippen MR) is 153 cm³/mol. The predicted octanol–water partition coefficient (Wildman–Crippen LogP) is 9.03. The molecule has 0 N–H and O–H groups in total. The Morgan fingerprint density at radius 1 is 0.382 bits per heavy atom. The van der Waals surface area contributed by atoms with Crippen molar-refractivity contribution in [3.8, 4) is 22.3 Å². The quantitative estimate of drug-likeness (QED) is 0.186. The van der Waals surface area contributed by atoms with Crippen LogP contribution in [0.1, 0.15) is 0 Å². The maximum Gasteiger partial charge on any atom is 0.0784 e. The van der Waals surface area contributed by atoms with Crippen LogP contribution in [0.25, 0.3) is 54.6 Å². The van der Waals surface area contributed by atoms with Crippen molar-refractivity contribution in [2.24, 2.45) is 0 Å². The van der Waals surface area contributed by atoms with E-state index in [9.17, 15) is 0 Å². The summed E-state index contributed by atoms with van der Waals surface area (Å²) in [5, 5.41) is 9.52. The maximum atomic E-state index is 2.44. The van der Waals surface area contributed by atoms with E-state index >= 15 is 0 Å². The molecule has 0 aromatic heterocycles. The van der Waals surface area contributed by atoms with Gasteiger partial charge in [0.15, 0.2) is 0 Å². The topological polar surface area (TPSA) is 0 Å². The first kappa shape index (κ1) is 20.9. The van der Waals surface area contributed by atoms with Gasteiger partial charge in [-0.3, -0.25) is 0 Å². The van der Waals surface area contributed by atoms with Crippen LogP contribution in [0.4, 0.5) is 0 Å². The average molecular weight is 453 g/mol. The molecular formula is C33H28Si. The molecular weight excluding hydrogens is 424 g/mol. The van der Waals surface area contributed by atoms with E-state index in [0.717, 1.165) is 0 Å². The summed E-state index contributed by atoms with van der Waals surface area (Å²) in [5.41, 5.74) is 5.24. The molecule has 6 aromatic rings. The lowest BCUT2D eigenvalue weighted by molar-refractivity contribution is 1.66. The molecule has 0 aliphatic rings. The summed E-state index contributed by atoms with van der Waals surface area (Å²) < 4.78 is 0. The Balaban J connectivity index is 1.80. The molecule has 0 nitrogen and oxygen atoms in total. The van der Waals surface area contributed by atoms with Gasteiger partial charge in [0.1, 0.15) is 0 Å². The largest absolute Gasteiger partial charge is 0.0784 e. The Morgan fingerprint density at radius 3 is 1.44 bits per heavy atom. The Morgan fingerprint density at radius 2 is 0.853 bits per heavy atom. The minimum Gasteiger partial charge on any atom is -0.0656 e. The van der Waals surface area contributed by atoms with Crippen molar-refractivity contribution in [2.75, 3.05) is 0 Å². The highest BCUT2D eigenvalue weighted by atomic mass is 28.3. The molecule has 0 amide bonds. The third-order valence-corrected chi connectivity index (χ3v) is 9.05. The van der Waals surface area contributed by atoms with Gasteiger partial charge in [-0.15, -0.1) is 0 Å². The van der Waals surface area contributed by atoms with E-state index in [0.29, 0.717) is 0 Å². The minimum atomic E-state index is -1.48. The van der Waals surface area contributed by atoms with Crippen molar-refractivity contribution in [1.29, 1.82) is 0 Å². The third kappa shape index (κ3) is 3.28. The van der Waals surface area contributed by atoms with Gasteiger partial charge in [-0.2, -0.15) is 0 Å². The molecule has 0 radical (unpaired) electrons. The molecule has 0 saturated heterocycles. The molecule has 0 aliphatic carbocycles. The van der Waals surface area contributed by atoms with Crippen molar-refractivity contribution in [2.45, 2.75) is 19.6 Å². The van der Waals surface area contributed by atoms with E-state index in [1.807, 2.05) is 0 Å². The van der Waals surface area contributed by atoms with Gasteiger partial charge >= 0.3 is 0 Å². The van der Waals surface area contributed by atoms with Gasteiger partial charge in [0, 0.05) is 0 Å². The molecule has 0 unspecified atom stereocenters. The summed E-state index contributed by atoms with van der Waals surface area (Å²) in [4.78, 5) is 0.